The Labute approximate surface area is 147 Å². The topological polar surface area (TPSA) is 78.2 Å². The van der Waals surface area contributed by atoms with Crippen LogP contribution in [0.3, 0.4) is 0 Å². The van der Waals surface area contributed by atoms with E-state index in [4.69, 9.17) is 4.74 Å². The number of esters is 1. The summed E-state index contributed by atoms with van der Waals surface area (Å²) in [7, 11) is 0. The van der Waals surface area contributed by atoms with Gasteiger partial charge < -0.3 is 9.75 Å². The largest absolute Gasteiger partial charge is 0.466 e. The summed E-state index contributed by atoms with van der Waals surface area (Å²) in [5.41, 5.74) is 5.26. The molecule has 1 fully saturated rings. The van der Waals surface area contributed by atoms with Gasteiger partial charge in [0.15, 0.2) is 0 Å². The number of nitriles is 1. The van der Waals surface area contributed by atoms with Gasteiger partial charge >= 0.3 is 5.97 Å². The van der Waals surface area contributed by atoms with Gasteiger partial charge in [-0.15, -0.1) is 0 Å². The summed E-state index contributed by atoms with van der Waals surface area (Å²) >= 11 is 0. The molecule has 1 N–H and O–H groups in total. The molecule has 6 nitrogen and oxygen atoms in total. The minimum absolute atomic E-state index is 0.267. The van der Waals surface area contributed by atoms with E-state index in [0.29, 0.717) is 13.2 Å². The molecular weight excluding hydrogens is 316 g/mol. The molecule has 6 heteroatoms. The smallest absolute Gasteiger partial charge is 0.312 e. The first-order valence-electron chi connectivity index (χ1n) is 8.29. The van der Waals surface area contributed by atoms with Crippen molar-refractivity contribution in [1.29, 1.82) is 5.26 Å². The van der Waals surface area contributed by atoms with Crippen LogP contribution in [0.1, 0.15) is 12.5 Å². The quantitative estimate of drug-likeness (QED) is 0.617. The van der Waals surface area contributed by atoms with Crippen LogP contribution >= 0.6 is 0 Å². The van der Waals surface area contributed by atoms with Crippen LogP contribution in [0.25, 0.3) is 0 Å². The van der Waals surface area contributed by atoms with Crippen molar-refractivity contribution in [3.63, 3.8) is 0 Å². The Morgan fingerprint density at radius 2 is 2.12 bits per heavy atom. The standard InChI is InChI=1S/C19H20N4O2/c1-2-25-19(24)17-16(11-20)18(17)23(15-9-6-10-21-13-15)22-12-14-7-4-3-5-8-14/h3-10,13,16-18,22H,2,12H2,1H3/t16?,17-,18?/m0/s1. The number of carbonyl (C=O) groups excluding carboxylic acids is 1. The summed E-state index contributed by atoms with van der Waals surface area (Å²) in [4.78, 5) is 16.3. The molecule has 0 amide bonds. The van der Waals surface area contributed by atoms with Crippen LogP contribution in [0, 0.1) is 23.2 Å². The molecule has 2 aromatic rings. The minimum Gasteiger partial charge on any atom is -0.466 e. The fourth-order valence-corrected chi connectivity index (χ4v) is 2.93. The third-order valence-corrected chi connectivity index (χ3v) is 4.21. The van der Waals surface area contributed by atoms with Crippen LogP contribution in [-0.2, 0) is 16.1 Å². The number of benzene rings is 1. The zero-order valence-electron chi connectivity index (χ0n) is 14.0. The normalized spacial score (nSPS) is 21.2. The molecule has 2 unspecified atom stereocenters. The highest BCUT2D eigenvalue weighted by Crippen LogP contribution is 2.44. The van der Waals surface area contributed by atoms with Gasteiger partial charge in [-0.25, -0.2) is 5.43 Å². The van der Waals surface area contributed by atoms with Gasteiger partial charge in [-0.05, 0) is 24.6 Å². The molecule has 25 heavy (non-hydrogen) atoms. The Morgan fingerprint density at radius 3 is 2.76 bits per heavy atom. The van der Waals surface area contributed by atoms with Gasteiger partial charge in [0.2, 0.25) is 0 Å². The average Bonchev–Trinajstić information content (AvgIpc) is 3.38. The molecule has 1 saturated carbocycles. The van der Waals surface area contributed by atoms with E-state index in [9.17, 15) is 10.1 Å². The zero-order valence-corrected chi connectivity index (χ0v) is 14.0. The molecule has 0 saturated heterocycles. The molecule has 1 aliphatic rings. The number of carbonyl (C=O) groups is 1. The Kier molecular flexibility index (Phi) is 5.26. The molecule has 1 heterocycles. The van der Waals surface area contributed by atoms with E-state index in [1.165, 1.54) is 0 Å². The van der Waals surface area contributed by atoms with Crippen LogP contribution < -0.4 is 10.4 Å². The predicted octanol–water partition coefficient (Wildman–Crippen LogP) is 2.29. The lowest BCUT2D eigenvalue weighted by Gasteiger charge is -2.26. The van der Waals surface area contributed by atoms with Crippen molar-refractivity contribution in [2.45, 2.75) is 19.5 Å². The van der Waals surface area contributed by atoms with E-state index in [0.717, 1.165) is 11.3 Å². The molecule has 0 spiro atoms. The molecule has 1 aliphatic carbocycles. The van der Waals surface area contributed by atoms with Crippen molar-refractivity contribution in [2.75, 3.05) is 11.6 Å². The Morgan fingerprint density at radius 1 is 1.32 bits per heavy atom. The number of nitrogens with one attached hydrogen (secondary N) is 1. The van der Waals surface area contributed by atoms with Gasteiger partial charge in [-0.2, -0.15) is 5.26 Å². The van der Waals surface area contributed by atoms with E-state index < -0.39 is 11.8 Å². The van der Waals surface area contributed by atoms with E-state index in [1.54, 1.807) is 19.3 Å². The third kappa shape index (κ3) is 3.78. The predicted molar refractivity (Wildman–Crippen MR) is 93.0 cm³/mol. The van der Waals surface area contributed by atoms with Crippen molar-refractivity contribution in [3.8, 4) is 6.07 Å². The first-order chi connectivity index (χ1) is 12.3. The fraction of sp³-hybridized carbons (Fsp3) is 0.316. The number of anilines is 1. The highest BCUT2D eigenvalue weighted by atomic mass is 16.5. The SMILES string of the molecule is CCOC(=O)[C@H]1C(C#N)C1N(NCc1ccccc1)c1cccnc1. The number of ether oxygens (including phenoxy) is 1. The van der Waals surface area contributed by atoms with E-state index >= 15 is 0 Å². The summed E-state index contributed by atoms with van der Waals surface area (Å²) in [6.07, 6.45) is 3.41. The lowest BCUT2D eigenvalue weighted by molar-refractivity contribution is -0.145. The molecular formula is C19H20N4O2. The van der Waals surface area contributed by atoms with Crippen LogP contribution in [0.5, 0.6) is 0 Å². The summed E-state index contributed by atoms with van der Waals surface area (Å²) in [6.45, 7) is 2.66. The number of aromatic nitrogens is 1. The van der Waals surface area contributed by atoms with Crippen molar-refractivity contribution in [3.05, 3.63) is 60.4 Å². The molecule has 3 atom stereocenters. The van der Waals surface area contributed by atoms with E-state index in [1.807, 2.05) is 47.5 Å². The molecule has 0 radical (unpaired) electrons. The molecule has 1 aromatic carbocycles. The highest BCUT2D eigenvalue weighted by molar-refractivity contribution is 5.80. The Bertz CT molecular complexity index is 745. The first-order valence-corrected chi connectivity index (χ1v) is 8.29. The Hall–Kier alpha value is -2.91. The lowest BCUT2D eigenvalue weighted by Crippen LogP contribution is -2.41. The van der Waals surface area contributed by atoms with Crippen molar-refractivity contribution in [1.82, 2.24) is 10.4 Å². The van der Waals surface area contributed by atoms with Gasteiger partial charge in [0.1, 0.15) is 0 Å². The van der Waals surface area contributed by atoms with Gasteiger partial charge in [-0.3, -0.25) is 9.78 Å². The van der Waals surface area contributed by atoms with Crippen molar-refractivity contribution < 1.29 is 9.53 Å². The maximum Gasteiger partial charge on any atom is 0.312 e. The maximum atomic E-state index is 12.2. The Balaban J connectivity index is 1.80. The van der Waals surface area contributed by atoms with Gasteiger partial charge in [0.05, 0.1) is 42.4 Å². The summed E-state index contributed by atoms with van der Waals surface area (Å²) in [6, 6.07) is 15.6. The minimum atomic E-state index is -0.451. The summed E-state index contributed by atoms with van der Waals surface area (Å²) in [5, 5.41) is 11.3. The number of nitrogens with zero attached hydrogens (tertiary/aromatic N) is 3. The van der Waals surface area contributed by atoms with Crippen molar-refractivity contribution >= 4 is 11.7 Å². The zero-order chi connectivity index (χ0) is 17.6. The number of pyridine rings is 1. The summed E-state index contributed by atoms with van der Waals surface area (Å²) in [5.74, 6) is -1.18. The third-order valence-electron chi connectivity index (χ3n) is 4.21. The molecule has 0 aliphatic heterocycles. The molecule has 1 aromatic heterocycles. The van der Waals surface area contributed by atoms with Gasteiger partial charge in [0, 0.05) is 12.7 Å². The number of hydrogen-bond donors (Lipinski definition) is 1. The molecule has 0 bridgehead atoms. The van der Waals surface area contributed by atoms with Crippen molar-refractivity contribution in [2.24, 2.45) is 11.8 Å². The van der Waals surface area contributed by atoms with Crippen LogP contribution in [0.2, 0.25) is 0 Å². The monoisotopic (exact) mass is 336 g/mol. The average molecular weight is 336 g/mol. The molecule has 3 rings (SSSR count). The van der Waals surface area contributed by atoms with Gasteiger partial charge in [0.25, 0.3) is 0 Å². The number of hydrogen-bond acceptors (Lipinski definition) is 6. The van der Waals surface area contributed by atoms with E-state index in [2.05, 4.69) is 16.5 Å². The second-order valence-electron chi connectivity index (χ2n) is 5.83. The first kappa shape index (κ1) is 16.9. The van der Waals surface area contributed by atoms with E-state index in [-0.39, 0.29) is 12.0 Å². The summed E-state index contributed by atoms with van der Waals surface area (Å²) < 4.78 is 5.12. The van der Waals surface area contributed by atoms with Crippen LogP contribution in [0.4, 0.5) is 5.69 Å². The number of hydrazine groups is 1. The second kappa shape index (κ2) is 7.77. The van der Waals surface area contributed by atoms with Crippen LogP contribution in [0.15, 0.2) is 54.9 Å². The number of rotatable bonds is 7. The van der Waals surface area contributed by atoms with Gasteiger partial charge in [-0.1, -0.05) is 30.3 Å². The lowest BCUT2D eigenvalue weighted by atomic mass is 10.2. The second-order valence-corrected chi connectivity index (χ2v) is 5.83. The maximum absolute atomic E-state index is 12.2. The van der Waals surface area contributed by atoms with Crippen LogP contribution in [-0.4, -0.2) is 23.6 Å². The highest BCUT2D eigenvalue weighted by Gasteiger charge is 2.60. The molecule has 128 valence electrons. The fourth-order valence-electron chi connectivity index (χ4n) is 2.93.